The van der Waals surface area contributed by atoms with Gasteiger partial charge in [0, 0.05) is 6.54 Å². The summed E-state index contributed by atoms with van der Waals surface area (Å²) in [7, 11) is 0. The normalized spacial score (nSPS) is 10.8. The molecule has 1 amide bonds. The Hall–Kier alpha value is -2.90. The number of hydrogen-bond acceptors (Lipinski definition) is 5. The van der Waals surface area contributed by atoms with E-state index in [4.69, 9.17) is 9.84 Å². The first-order valence-electron chi connectivity index (χ1n) is 8.60. The van der Waals surface area contributed by atoms with Crippen LogP contribution in [0.3, 0.4) is 0 Å². The second-order valence-electron chi connectivity index (χ2n) is 6.02. The Morgan fingerprint density at radius 2 is 1.88 bits per heavy atom. The highest BCUT2D eigenvalue weighted by molar-refractivity contribution is 5.95. The van der Waals surface area contributed by atoms with Crippen molar-refractivity contribution >= 4 is 11.9 Å². The summed E-state index contributed by atoms with van der Waals surface area (Å²) >= 11 is 0. The van der Waals surface area contributed by atoms with Gasteiger partial charge in [-0.15, -0.1) is 5.10 Å². The third-order valence-corrected chi connectivity index (χ3v) is 3.75. The van der Waals surface area contributed by atoms with Crippen LogP contribution in [0.25, 0.3) is 5.69 Å². The van der Waals surface area contributed by atoms with Gasteiger partial charge in [0.2, 0.25) is 0 Å². The highest BCUT2D eigenvalue weighted by Crippen LogP contribution is 2.19. The van der Waals surface area contributed by atoms with Crippen LogP contribution in [-0.4, -0.2) is 56.1 Å². The zero-order valence-electron chi connectivity index (χ0n) is 15.5. The Balaban J connectivity index is 2.32. The number of carbonyl (C=O) groups is 2. The van der Waals surface area contributed by atoms with E-state index in [0.717, 1.165) is 11.4 Å². The number of ether oxygens (including phenoxy) is 1. The van der Waals surface area contributed by atoms with Gasteiger partial charge in [-0.2, -0.15) is 0 Å². The lowest BCUT2D eigenvalue weighted by molar-refractivity contribution is -0.137. The van der Waals surface area contributed by atoms with Crippen molar-refractivity contribution in [2.45, 2.75) is 40.2 Å². The first-order chi connectivity index (χ1) is 12.4. The number of benzene rings is 1. The van der Waals surface area contributed by atoms with E-state index < -0.39 is 11.9 Å². The van der Waals surface area contributed by atoms with Crippen LogP contribution < -0.4 is 4.74 Å². The molecule has 2 aromatic rings. The molecule has 0 saturated heterocycles. The molecule has 0 fully saturated rings. The van der Waals surface area contributed by atoms with Crippen molar-refractivity contribution in [2.24, 2.45) is 0 Å². The van der Waals surface area contributed by atoms with Gasteiger partial charge in [0.25, 0.3) is 5.91 Å². The molecule has 140 valence electrons. The largest absolute Gasteiger partial charge is 0.491 e. The molecular formula is C18H24N4O4. The predicted octanol–water partition coefficient (Wildman–Crippen LogP) is 2.16. The highest BCUT2D eigenvalue weighted by Gasteiger charge is 2.24. The molecule has 26 heavy (non-hydrogen) atoms. The number of amides is 1. The number of hydrogen-bond donors (Lipinski definition) is 1. The van der Waals surface area contributed by atoms with Crippen LogP contribution in [0.5, 0.6) is 5.75 Å². The molecule has 0 aliphatic heterocycles. The molecule has 1 aromatic heterocycles. The number of aromatic nitrogens is 3. The van der Waals surface area contributed by atoms with E-state index in [0.29, 0.717) is 12.1 Å². The third-order valence-electron chi connectivity index (χ3n) is 3.75. The average molecular weight is 360 g/mol. The van der Waals surface area contributed by atoms with E-state index in [-0.39, 0.29) is 24.9 Å². The Kier molecular flexibility index (Phi) is 6.32. The second kappa shape index (κ2) is 8.46. The minimum Gasteiger partial charge on any atom is -0.491 e. The van der Waals surface area contributed by atoms with Crippen molar-refractivity contribution in [1.82, 2.24) is 19.9 Å². The maximum Gasteiger partial charge on any atom is 0.323 e. The number of carbonyl (C=O) groups excluding carboxylic acids is 1. The molecule has 1 heterocycles. The van der Waals surface area contributed by atoms with Gasteiger partial charge in [0.05, 0.1) is 17.5 Å². The predicted molar refractivity (Wildman–Crippen MR) is 95.7 cm³/mol. The van der Waals surface area contributed by atoms with Gasteiger partial charge in [0.15, 0.2) is 5.69 Å². The van der Waals surface area contributed by atoms with Gasteiger partial charge in [-0.25, -0.2) is 4.68 Å². The number of rotatable bonds is 8. The van der Waals surface area contributed by atoms with E-state index in [1.165, 1.54) is 4.90 Å². The van der Waals surface area contributed by atoms with Gasteiger partial charge < -0.3 is 14.7 Å². The topological polar surface area (TPSA) is 97.5 Å². The number of carboxylic acid groups (broad SMARTS) is 1. The molecule has 1 aromatic carbocycles. The monoisotopic (exact) mass is 360 g/mol. The SMILES string of the molecule is CCc1c(C(=O)N(CC)CC(=O)O)nnn1-c1ccc(OC(C)C)cc1. The second-order valence-corrected chi connectivity index (χ2v) is 6.02. The van der Waals surface area contributed by atoms with Crippen molar-refractivity contribution < 1.29 is 19.4 Å². The number of carboxylic acids is 1. The fourth-order valence-corrected chi connectivity index (χ4v) is 2.57. The lowest BCUT2D eigenvalue weighted by atomic mass is 10.2. The Bertz CT molecular complexity index is 768. The molecule has 0 aliphatic rings. The average Bonchev–Trinajstić information content (AvgIpc) is 3.03. The summed E-state index contributed by atoms with van der Waals surface area (Å²) < 4.78 is 7.22. The molecule has 0 spiro atoms. The van der Waals surface area contributed by atoms with Crippen molar-refractivity contribution in [1.29, 1.82) is 0 Å². The molecule has 8 nitrogen and oxygen atoms in total. The van der Waals surface area contributed by atoms with Crippen molar-refractivity contribution in [2.75, 3.05) is 13.1 Å². The van der Waals surface area contributed by atoms with Crippen LogP contribution in [0.1, 0.15) is 43.9 Å². The molecule has 1 N–H and O–H groups in total. The molecule has 0 aliphatic carbocycles. The van der Waals surface area contributed by atoms with Gasteiger partial charge in [0.1, 0.15) is 12.3 Å². The minimum atomic E-state index is -1.06. The molecule has 0 bridgehead atoms. The lowest BCUT2D eigenvalue weighted by Crippen LogP contribution is -2.36. The van der Waals surface area contributed by atoms with E-state index in [1.807, 2.05) is 45.0 Å². The summed E-state index contributed by atoms with van der Waals surface area (Å²) in [5, 5.41) is 17.1. The molecule has 8 heteroatoms. The van der Waals surface area contributed by atoms with Crippen LogP contribution in [0, 0.1) is 0 Å². The summed E-state index contributed by atoms with van der Waals surface area (Å²) in [6.07, 6.45) is 0.611. The first-order valence-corrected chi connectivity index (χ1v) is 8.60. The standard InChI is InChI=1S/C18H24N4O4/c1-5-15-17(18(25)21(6-2)11-16(23)24)19-20-22(15)13-7-9-14(10-8-13)26-12(3)4/h7-10,12H,5-6,11H2,1-4H3,(H,23,24). The molecule has 0 radical (unpaired) electrons. The smallest absolute Gasteiger partial charge is 0.323 e. The first kappa shape index (κ1) is 19.4. The van der Waals surface area contributed by atoms with E-state index in [2.05, 4.69) is 10.3 Å². The summed E-state index contributed by atoms with van der Waals surface area (Å²) in [5.41, 5.74) is 1.57. The van der Waals surface area contributed by atoms with Crippen molar-refractivity contribution in [3.05, 3.63) is 35.7 Å². The number of nitrogens with zero attached hydrogens (tertiary/aromatic N) is 4. The Labute approximate surface area is 152 Å². The molecule has 0 atom stereocenters. The quantitative estimate of drug-likeness (QED) is 0.775. The van der Waals surface area contributed by atoms with E-state index in [1.54, 1.807) is 11.6 Å². The summed E-state index contributed by atoms with van der Waals surface area (Å²) in [4.78, 5) is 24.8. The zero-order chi connectivity index (χ0) is 19.3. The van der Waals surface area contributed by atoms with Crippen LogP contribution in [0.15, 0.2) is 24.3 Å². The third kappa shape index (κ3) is 4.38. The van der Waals surface area contributed by atoms with Crippen molar-refractivity contribution in [3.63, 3.8) is 0 Å². The van der Waals surface area contributed by atoms with Gasteiger partial charge >= 0.3 is 5.97 Å². The minimum absolute atomic E-state index is 0.0805. The number of aliphatic carboxylic acids is 1. The fraction of sp³-hybridized carbons (Fsp3) is 0.444. The van der Waals surface area contributed by atoms with E-state index >= 15 is 0 Å². The number of likely N-dealkylation sites (N-methyl/N-ethyl adjacent to an activating group) is 1. The highest BCUT2D eigenvalue weighted by atomic mass is 16.5. The van der Waals surface area contributed by atoms with Crippen LogP contribution in [0.2, 0.25) is 0 Å². The Morgan fingerprint density at radius 1 is 1.23 bits per heavy atom. The van der Waals surface area contributed by atoms with Crippen LogP contribution >= 0.6 is 0 Å². The Morgan fingerprint density at radius 3 is 2.38 bits per heavy atom. The van der Waals surface area contributed by atoms with Crippen LogP contribution in [-0.2, 0) is 11.2 Å². The van der Waals surface area contributed by atoms with E-state index in [9.17, 15) is 9.59 Å². The molecule has 2 rings (SSSR count). The van der Waals surface area contributed by atoms with Gasteiger partial charge in [-0.1, -0.05) is 12.1 Å². The van der Waals surface area contributed by atoms with Crippen LogP contribution in [0.4, 0.5) is 0 Å². The maximum absolute atomic E-state index is 12.6. The molecule has 0 saturated carbocycles. The van der Waals surface area contributed by atoms with Gasteiger partial charge in [-0.05, 0) is 51.5 Å². The lowest BCUT2D eigenvalue weighted by Gasteiger charge is -2.17. The summed E-state index contributed by atoms with van der Waals surface area (Å²) in [6, 6.07) is 7.35. The zero-order valence-corrected chi connectivity index (χ0v) is 15.5. The molecular weight excluding hydrogens is 336 g/mol. The fourth-order valence-electron chi connectivity index (χ4n) is 2.57. The molecule has 0 unspecified atom stereocenters. The summed E-state index contributed by atoms with van der Waals surface area (Å²) in [5.74, 6) is -0.749. The van der Waals surface area contributed by atoms with Gasteiger partial charge in [-0.3, -0.25) is 9.59 Å². The maximum atomic E-state index is 12.6. The summed E-state index contributed by atoms with van der Waals surface area (Å²) in [6.45, 7) is 7.44. The van der Waals surface area contributed by atoms with Crippen molar-refractivity contribution in [3.8, 4) is 11.4 Å².